The molecule has 0 aromatic carbocycles. The molecule has 3 N–H and O–H groups in total. The van der Waals surface area contributed by atoms with Gasteiger partial charge in [0, 0.05) is 26.0 Å². The van der Waals surface area contributed by atoms with Crippen LogP contribution in [0.1, 0.15) is 18.8 Å². The molecule has 0 aliphatic heterocycles. The van der Waals surface area contributed by atoms with Crippen LogP contribution in [0.2, 0.25) is 0 Å². The standard InChI is InChI=1S/C9H17N3O2/c1-7(11-5-8(14)6-13)9-10-3-4-12(9)2/h3-4,7-8,11,13-14H,5-6H2,1-2H3. The summed E-state index contributed by atoms with van der Waals surface area (Å²) in [6.45, 7) is 2.11. The molecule has 0 fully saturated rings. The van der Waals surface area contributed by atoms with Gasteiger partial charge >= 0.3 is 0 Å². The second-order valence-corrected chi connectivity index (χ2v) is 3.36. The largest absolute Gasteiger partial charge is 0.394 e. The maximum atomic E-state index is 9.13. The van der Waals surface area contributed by atoms with E-state index in [9.17, 15) is 0 Å². The average Bonchev–Trinajstić information content (AvgIpc) is 2.60. The molecule has 0 saturated heterocycles. The van der Waals surface area contributed by atoms with E-state index < -0.39 is 6.10 Å². The topological polar surface area (TPSA) is 70.3 Å². The number of hydrogen-bond acceptors (Lipinski definition) is 4. The van der Waals surface area contributed by atoms with Gasteiger partial charge in [-0.25, -0.2) is 4.98 Å². The van der Waals surface area contributed by atoms with E-state index in [0.717, 1.165) is 5.82 Å². The van der Waals surface area contributed by atoms with Gasteiger partial charge in [-0.15, -0.1) is 0 Å². The molecule has 0 aliphatic rings. The van der Waals surface area contributed by atoms with Gasteiger partial charge in [-0.05, 0) is 6.92 Å². The van der Waals surface area contributed by atoms with E-state index in [2.05, 4.69) is 10.3 Å². The molecule has 1 aromatic heterocycles. The van der Waals surface area contributed by atoms with Gasteiger partial charge in [-0.1, -0.05) is 0 Å². The quantitative estimate of drug-likeness (QED) is 0.593. The maximum Gasteiger partial charge on any atom is 0.125 e. The number of hydrogen-bond donors (Lipinski definition) is 3. The molecule has 5 heteroatoms. The average molecular weight is 199 g/mol. The second-order valence-electron chi connectivity index (χ2n) is 3.36. The fraction of sp³-hybridized carbons (Fsp3) is 0.667. The molecule has 0 aliphatic carbocycles. The number of rotatable bonds is 5. The zero-order valence-corrected chi connectivity index (χ0v) is 8.51. The Labute approximate surface area is 83.4 Å². The van der Waals surface area contributed by atoms with E-state index in [-0.39, 0.29) is 12.6 Å². The number of aromatic nitrogens is 2. The van der Waals surface area contributed by atoms with Crippen LogP contribution in [0.15, 0.2) is 12.4 Å². The summed E-state index contributed by atoms with van der Waals surface area (Å²) in [5.74, 6) is 0.912. The van der Waals surface area contributed by atoms with Crippen molar-refractivity contribution in [3.05, 3.63) is 18.2 Å². The lowest BCUT2D eigenvalue weighted by molar-refractivity contribution is 0.0920. The first-order chi connectivity index (χ1) is 6.65. The molecule has 1 aromatic rings. The molecule has 80 valence electrons. The van der Waals surface area contributed by atoms with E-state index in [1.807, 2.05) is 24.7 Å². The van der Waals surface area contributed by atoms with Crippen molar-refractivity contribution >= 4 is 0 Å². The normalized spacial score (nSPS) is 15.4. The number of nitrogens with zero attached hydrogens (tertiary/aromatic N) is 2. The molecule has 1 rings (SSSR count). The highest BCUT2D eigenvalue weighted by atomic mass is 16.3. The lowest BCUT2D eigenvalue weighted by Crippen LogP contribution is -2.32. The van der Waals surface area contributed by atoms with E-state index >= 15 is 0 Å². The van der Waals surface area contributed by atoms with Crippen LogP contribution >= 0.6 is 0 Å². The van der Waals surface area contributed by atoms with Gasteiger partial charge in [0.1, 0.15) is 5.82 Å². The van der Waals surface area contributed by atoms with Crippen LogP contribution < -0.4 is 5.32 Å². The third-order valence-electron chi connectivity index (χ3n) is 2.12. The molecule has 14 heavy (non-hydrogen) atoms. The summed E-state index contributed by atoms with van der Waals surface area (Å²) < 4.78 is 1.92. The fourth-order valence-electron chi connectivity index (χ4n) is 1.26. The molecule has 1 heterocycles. The Kier molecular flexibility index (Phi) is 4.06. The Bertz CT molecular complexity index is 275. The van der Waals surface area contributed by atoms with Gasteiger partial charge in [0.05, 0.1) is 18.8 Å². The highest BCUT2D eigenvalue weighted by Crippen LogP contribution is 2.07. The predicted molar refractivity (Wildman–Crippen MR) is 52.7 cm³/mol. The zero-order chi connectivity index (χ0) is 10.6. The van der Waals surface area contributed by atoms with Crippen LogP contribution in [-0.2, 0) is 7.05 Å². The van der Waals surface area contributed by atoms with Crippen molar-refractivity contribution < 1.29 is 10.2 Å². The Hall–Kier alpha value is -0.910. The highest BCUT2D eigenvalue weighted by Gasteiger charge is 2.10. The first-order valence-electron chi connectivity index (χ1n) is 4.64. The highest BCUT2D eigenvalue weighted by molar-refractivity contribution is 4.96. The van der Waals surface area contributed by atoms with Crippen molar-refractivity contribution in [3.63, 3.8) is 0 Å². The Morgan fingerprint density at radius 2 is 2.36 bits per heavy atom. The van der Waals surface area contributed by atoms with Crippen LogP contribution in [0.25, 0.3) is 0 Å². The summed E-state index contributed by atoms with van der Waals surface area (Å²) in [5, 5.41) is 20.8. The van der Waals surface area contributed by atoms with Gasteiger partial charge in [0.25, 0.3) is 0 Å². The lowest BCUT2D eigenvalue weighted by atomic mass is 10.3. The molecule has 0 amide bonds. The first kappa shape index (κ1) is 11.2. The van der Waals surface area contributed by atoms with E-state index in [0.29, 0.717) is 6.54 Å². The zero-order valence-electron chi connectivity index (χ0n) is 8.51. The second kappa shape index (κ2) is 5.09. The first-order valence-corrected chi connectivity index (χ1v) is 4.64. The molecule has 0 bridgehead atoms. The summed E-state index contributed by atoms with van der Waals surface area (Å²) >= 11 is 0. The van der Waals surface area contributed by atoms with Crippen molar-refractivity contribution in [1.82, 2.24) is 14.9 Å². The smallest absolute Gasteiger partial charge is 0.125 e. The molecule has 2 atom stereocenters. The number of aliphatic hydroxyl groups excluding tert-OH is 2. The maximum absolute atomic E-state index is 9.13. The Morgan fingerprint density at radius 1 is 1.64 bits per heavy atom. The molecule has 2 unspecified atom stereocenters. The van der Waals surface area contributed by atoms with Crippen LogP contribution in [0.5, 0.6) is 0 Å². The SMILES string of the molecule is CC(NCC(O)CO)c1nccn1C. The fourth-order valence-corrected chi connectivity index (χ4v) is 1.26. The van der Waals surface area contributed by atoms with Gasteiger partial charge in [-0.3, -0.25) is 0 Å². The monoisotopic (exact) mass is 199 g/mol. The van der Waals surface area contributed by atoms with E-state index in [1.165, 1.54) is 0 Å². The van der Waals surface area contributed by atoms with Crippen LogP contribution in [0, 0.1) is 0 Å². The minimum absolute atomic E-state index is 0.0659. The third-order valence-corrected chi connectivity index (χ3v) is 2.12. The van der Waals surface area contributed by atoms with Crippen molar-refractivity contribution in [2.75, 3.05) is 13.2 Å². The van der Waals surface area contributed by atoms with Gasteiger partial charge in [0.2, 0.25) is 0 Å². The number of aryl methyl sites for hydroxylation is 1. The predicted octanol–water partition coefficient (Wildman–Crippen LogP) is -0.576. The molecular formula is C9H17N3O2. The van der Waals surface area contributed by atoms with Crippen molar-refractivity contribution in [2.45, 2.75) is 19.1 Å². The summed E-state index contributed by atoms with van der Waals surface area (Å²) in [5.41, 5.74) is 0. The number of nitrogens with one attached hydrogen (secondary N) is 1. The van der Waals surface area contributed by atoms with Crippen molar-refractivity contribution in [3.8, 4) is 0 Å². The van der Waals surface area contributed by atoms with Gasteiger partial charge < -0.3 is 20.1 Å². The van der Waals surface area contributed by atoms with Gasteiger partial charge in [-0.2, -0.15) is 0 Å². The molecule has 5 nitrogen and oxygen atoms in total. The minimum atomic E-state index is -0.710. The number of imidazole rings is 1. The van der Waals surface area contributed by atoms with Crippen LogP contribution in [0.3, 0.4) is 0 Å². The van der Waals surface area contributed by atoms with E-state index in [4.69, 9.17) is 10.2 Å². The number of aliphatic hydroxyl groups is 2. The summed E-state index contributed by atoms with van der Waals surface area (Å²) in [4.78, 5) is 4.18. The minimum Gasteiger partial charge on any atom is -0.394 e. The molecule has 0 spiro atoms. The van der Waals surface area contributed by atoms with Crippen LogP contribution in [-0.4, -0.2) is 39.0 Å². The molecular weight excluding hydrogens is 182 g/mol. The van der Waals surface area contributed by atoms with E-state index in [1.54, 1.807) is 6.20 Å². The lowest BCUT2D eigenvalue weighted by Gasteiger charge is -2.15. The van der Waals surface area contributed by atoms with Crippen molar-refractivity contribution in [2.24, 2.45) is 7.05 Å². The molecule has 0 radical (unpaired) electrons. The summed E-state index contributed by atoms with van der Waals surface area (Å²) in [6, 6.07) is 0.0659. The molecule has 0 saturated carbocycles. The van der Waals surface area contributed by atoms with Crippen LogP contribution in [0.4, 0.5) is 0 Å². The summed E-state index contributed by atoms with van der Waals surface area (Å²) in [6.07, 6.45) is 2.89. The van der Waals surface area contributed by atoms with Crippen molar-refractivity contribution in [1.29, 1.82) is 0 Å². The third kappa shape index (κ3) is 2.80. The van der Waals surface area contributed by atoms with Gasteiger partial charge in [0.15, 0.2) is 0 Å². The Balaban J connectivity index is 2.43. The Morgan fingerprint density at radius 3 is 2.86 bits per heavy atom. The summed E-state index contributed by atoms with van der Waals surface area (Å²) in [7, 11) is 1.92.